The predicted molar refractivity (Wildman–Crippen MR) is 36.8 cm³/mol. The summed E-state index contributed by atoms with van der Waals surface area (Å²) in [5, 5.41) is 0. The fraction of sp³-hybridized carbons (Fsp3) is 1.00. The SMILES string of the molecule is C[C@H](Br)[C@@H](C)Br. The molecule has 0 nitrogen and oxygen atoms in total. The van der Waals surface area contributed by atoms with Crippen LogP contribution in [-0.4, -0.2) is 9.65 Å². The second-order valence-corrected chi connectivity index (χ2v) is 4.24. The van der Waals surface area contributed by atoms with Gasteiger partial charge in [0.05, 0.1) is 0 Å². The Hall–Kier alpha value is 0.960. The Balaban J connectivity index is 2.99. The van der Waals surface area contributed by atoms with Crippen molar-refractivity contribution in [3.63, 3.8) is 0 Å². The zero-order valence-corrected chi connectivity index (χ0v) is 7.08. The lowest BCUT2D eigenvalue weighted by atomic mass is 10.4. The molecule has 0 aromatic heterocycles. The molecule has 0 fully saturated rings. The van der Waals surface area contributed by atoms with Gasteiger partial charge in [0.25, 0.3) is 0 Å². The van der Waals surface area contributed by atoms with Crippen molar-refractivity contribution in [2.75, 3.05) is 0 Å². The van der Waals surface area contributed by atoms with Crippen molar-refractivity contribution in [1.82, 2.24) is 0 Å². The summed E-state index contributed by atoms with van der Waals surface area (Å²) in [6, 6.07) is 0. The Labute approximate surface area is 55.6 Å². The highest BCUT2D eigenvalue weighted by molar-refractivity contribution is 9.12. The highest BCUT2D eigenvalue weighted by Crippen LogP contribution is 2.10. The Bertz CT molecular complexity index is 26.5. The summed E-state index contributed by atoms with van der Waals surface area (Å²) < 4.78 is 0. The quantitative estimate of drug-likeness (QED) is 0.590. The molecule has 0 aliphatic rings. The number of hydrogen-bond donors (Lipinski definition) is 0. The zero-order chi connectivity index (χ0) is 5.15. The summed E-state index contributed by atoms with van der Waals surface area (Å²) in [7, 11) is 0. The van der Waals surface area contributed by atoms with Crippen LogP contribution in [0, 0.1) is 0 Å². The third-order valence-corrected chi connectivity index (χ3v) is 2.93. The highest BCUT2D eigenvalue weighted by atomic mass is 79.9. The summed E-state index contributed by atoms with van der Waals surface area (Å²) in [6.07, 6.45) is 0. The topological polar surface area (TPSA) is 0 Å². The van der Waals surface area contributed by atoms with E-state index >= 15 is 0 Å². The van der Waals surface area contributed by atoms with Crippen molar-refractivity contribution in [2.45, 2.75) is 23.5 Å². The van der Waals surface area contributed by atoms with E-state index in [1.165, 1.54) is 0 Å². The van der Waals surface area contributed by atoms with Crippen molar-refractivity contribution in [1.29, 1.82) is 0 Å². The van der Waals surface area contributed by atoms with E-state index in [-0.39, 0.29) is 0 Å². The van der Waals surface area contributed by atoms with E-state index in [0.717, 1.165) is 0 Å². The minimum Gasteiger partial charge on any atom is -0.0882 e. The van der Waals surface area contributed by atoms with Crippen LogP contribution in [-0.2, 0) is 0 Å². The van der Waals surface area contributed by atoms with Gasteiger partial charge < -0.3 is 0 Å². The van der Waals surface area contributed by atoms with Crippen molar-refractivity contribution >= 4 is 31.9 Å². The molecule has 0 amide bonds. The van der Waals surface area contributed by atoms with Crippen molar-refractivity contribution in [3.8, 4) is 0 Å². The van der Waals surface area contributed by atoms with Gasteiger partial charge in [-0.15, -0.1) is 0 Å². The summed E-state index contributed by atoms with van der Waals surface area (Å²) in [5.74, 6) is 0. The van der Waals surface area contributed by atoms with Crippen molar-refractivity contribution in [3.05, 3.63) is 0 Å². The van der Waals surface area contributed by atoms with Gasteiger partial charge in [0.15, 0.2) is 0 Å². The van der Waals surface area contributed by atoms with Gasteiger partial charge in [0.2, 0.25) is 0 Å². The lowest BCUT2D eigenvalue weighted by Gasteiger charge is -2.01. The van der Waals surface area contributed by atoms with Crippen LogP contribution in [0.15, 0.2) is 0 Å². The molecule has 0 spiro atoms. The third kappa shape index (κ3) is 3.16. The molecule has 0 aromatic rings. The molecule has 0 bridgehead atoms. The highest BCUT2D eigenvalue weighted by Gasteiger charge is 2.00. The Morgan fingerprint density at radius 2 is 1.17 bits per heavy atom. The van der Waals surface area contributed by atoms with Gasteiger partial charge in [-0.2, -0.15) is 0 Å². The molecule has 38 valence electrons. The lowest BCUT2D eigenvalue weighted by molar-refractivity contribution is 0.959. The molecule has 2 atom stereocenters. The molecule has 0 aliphatic carbocycles. The van der Waals surface area contributed by atoms with Crippen LogP contribution in [0.4, 0.5) is 0 Å². The smallest absolute Gasteiger partial charge is 0.0240 e. The Morgan fingerprint density at radius 1 is 1.00 bits per heavy atom. The minimum atomic E-state index is 0.581. The normalized spacial score (nSPS) is 20.0. The molecule has 2 heteroatoms. The van der Waals surface area contributed by atoms with E-state index in [9.17, 15) is 0 Å². The number of hydrogen-bond acceptors (Lipinski definition) is 0. The standard InChI is InChI=1S/C4H8Br2/c1-3(5)4(2)6/h3-4H,1-2H3/t3-,4+. The van der Waals surface area contributed by atoms with Gasteiger partial charge in [-0.05, 0) is 0 Å². The van der Waals surface area contributed by atoms with Crippen molar-refractivity contribution < 1.29 is 0 Å². The molecule has 0 heterocycles. The predicted octanol–water partition coefficient (Wildman–Crippen LogP) is 2.55. The van der Waals surface area contributed by atoms with E-state index in [0.29, 0.717) is 9.65 Å². The lowest BCUT2D eigenvalue weighted by Crippen LogP contribution is -2.02. The van der Waals surface area contributed by atoms with Crippen LogP contribution in [0.2, 0.25) is 0 Å². The first kappa shape index (κ1) is 6.96. The first-order valence-electron chi connectivity index (χ1n) is 1.92. The Kier molecular flexibility index (Phi) is 3.51. The molecule has 0 unspecified atom stereocenters. The Morgan fingerprint density at radius 3 is 1.17 bits per heavy atom. The van der Waals surface area contributed by atoms with Crippen LogP contribution in [0.25, 0.3) is 0 Å². The second kappa shape index (κ2) is 3.03. The molecule has 0 rings (SSSR count). The molecule has 0 aliphatic heterocycles. The minimum absolute atomic E-state index is 0.581. The van der Waals surface area contributed by atoms with E-state index in [4.69, 9.17) is 0 Å². The maximum atomic E-state index is 3.39. The van der Waals surface area contributed by atoms with E-state index in [1.807, 2.05) is 0 Å². The van der Waals surface area contributed by atoms with Gasteiger partial charge in [0.1, 0.15) is 0 Å². The monoisotopic (exact) mass is 214 g/mol. The van der Waals surface area contributed by atoms with Gasteiger partial charge in [0, 0.05) is 9.65 Å². The molecule has 0 radical (unpaired) electrons. The first-order chi connectivity index (χ1) is 2.64. The van der Waals surface area contributed by atoms with Crippen LogP contribution < -0.4 is 0 Å². The number of rotatable bonds is 1. The van der Waals surface area contributed by atoms with Gasteiger partial charge >= 0.3 is 0 Å². The molecular weight excluding hydrogens is 208 g/mol. The van der Waals surface area contributed by atoms with Crippen LogP contribution in [0.1, 0.15) is 13.8 Å². The van der Waals surface area contributed by atoms with Crippen molar-refractivity contribution in [2.24, 2.45) is 0 Å². The second-order valence-electron chi connectivity index (χ2n) is 1.36. The third-order valence-electron chi connectivity index (χ3n) is 0.633. The maximum absolute atomic E-state index is 3.39. The number of alkyl halides is 2. The summed E-state index contributed by atoms with van der Waals surface area (Å²) >= 11 is 6.78. The zero-order valence-electron chi connectivity index (χ0n) is 3.91. The van der Waals surface area contributed by atoms with E-state index in [2.05, 4.69) is 45.7 Å². The largest absolute Gasteiger partial charge is 0.0882 e. The summed E-state index contributed by atoms with van der Waals surface area (Å²) in [6.45, 7) is 4.22. The molecule has 6 heavy (non-hydrogen) atoms. The van der Waals surface area contributed by atoms with Crippen LogP contribution in [0.5, 0.6) is 0 Å². The molecule has 0 aromatic carbocycles. The number of halogens is 2. The maximum Gasteiger partial charge on any atom is 0.0240 e. The van der Waals surface area contributed by atoms with E-state index in [1.54, 1.807) is 0 Å². The average molecular weight is 216 g/mol. The first-order valence-corrected chi connectivity index (χ1v) is 3.76. The van der Waals surface area contributed by atoms with Gasteiger partial charge in [-0.25, -0.2) is 0 Å². The summed E-state index contributed by atoms with van der Waals surface area (Å²) in [4.78, 5) is 1.16. The fourth-order valence-electron chi connectivity index (χ4n) is 0. The molecule has 0 saturated carbocycles. The molecule has 0 saturated heterocycles. The van der Waals surface area contributed by atoms with E-state index < -0.39 is 0 Å². The van der Waals surface area contributed by atoms with Crippen LogP contribution >= 0.6 is 31.9 Å². The van der Waals surface area contributed by atoms with Gasteiger partial charge in [-0.3, -0.25) is 0 Å². The van der Waals surface area contributed by atoms with Crippen LogP contribution in [0.3, 0.4) is 0 Å². The van der Waals surface area contributed by atoms with Gasteiger partial charge in [-0.1, -0.05) is 45.7 Å². The molecular formula is C4H8Br2. The fourth-order valence-corrected chi connectivity index (χ4v) is 0. The molecule has 0 N–H and O–H groups in total. The average Bonchev–Trinajstić information content (AvgIpc) is 1.36. The summed E-state index contributed by atoms with van der Waals surface area (Å²) in [5.41, 5.74) is 0.